The molecule has 1 heterocycles. The van der Waals surface area contributed by atoms with Gasteiger partial charge in [0, 0.05) is 19.0 Å². The van der Waals surface area contributed by atoms with E-state index in [2.05, 4.69) is 4.72 Å². The fourth-order valence-corrected chi connectivity index (χ4v) is 4.95. The molecule has 7 heteroatoms. The van der Waals surface area contributed by atoms with Crippen LogP contribution in [0.1, 0.15) is 30.7 Å². The minimum Gasteiger partial charge on any atom is -0.341 e. The summed E-state index contributed by atoms with van der Waals surface area (Å²) in [7, 11) is 0. The quantitative estimate of drug-likeness (QED) is 0.588. The summed E-state index contributed by atoms with van der Waals surface area (Å²) in [6.45, 7) is 1.35. The summed E-state index contributed by atoms with van der Waals surface area (Å²) in [6.07, 6.45) is 4.48. The van der Waals surface area contributed by atoms with Gasteiger partial charge in [-0.25, -0.2) is 13.2 Å². The molecule has 2 aliphatic rings. The maximum Gasteiger partial charge on any atom is 0.226 e. The Bertz CT molecular complexity index is 901. The van der Waals surface area contributed by atoms with Crippen LogP contribution in [0.15, 0.2) is 36.4 Å². The number of rotatable bonds is 5. The third-order valence-corrected chi connectivity index (χ3v) is 6.43. The number of carbonyl (C=O) groups excluding carboxylic acids is 1. The smallest absolute Gasteiger partial charge is 0.226 e. The summed E-state index contributed by atoms with van der Waals surface area (Å²) < 4.78 is 46.8. The lowest BCUT2D eigenvalue weighted by Gasteiger charge is -2.31. The molecule has 0 radical (unpaired) electrons. The number of carbonyl (C=O) groups is 1. The molecule has 154 valence electrons. The van der Waals surface area contributed by atoms with Gasteiger partial charge in [-0.05, 0) is 54.5 Å². The maximum absolute atomic E-state index is 14.8. The molecule has 1 aliphatic heterocycles. The largest absolute Gasteiger partial charge is 0.341 e. The minimum atomic E-state index is -0.732. The van der Waals surface area contributed by atoms with Crippen molar-refractivity contribution >= 4 is 17.9 Å². The number of nitrogens with zero attached hydrogens (tertiary/aromatic N) is 1. The van der Waals surface area contributed by atoms with Crippen molar-refractivity contribution in [2.75, 3.05) is 19.3 Å². The zero-order valence-electron chi connectivity index (χ0n) is 16.2. The van der Waals surface area contributed by atoms with Crippen molar-refractivity contribution < 1.29 is 18.0 Å². The van der Waals surface area contributed by atoms with Gasteiger partial charge in [0.05, 0.1) is 23.6 Å². The molecule has 0 bridgehead atoms. The fourth-order valence-electron chi connectivity index (χ4n) is 4.37. The number of thiol groups is 1. The Morgan fingerprint density at radius 3 is 2.52 bits per heavy atom. The molecule has 3 unspecified atom stereocenters. The van der Waals surface area contributed by atoms with Crippen molar-refractivity contribution in [2.45, 2.75) is 31.2 Å². The Labute approximate surface area is 172 Å². The molecule has 1 saturated heterocycles. The highest BCUT2D eigenvalue weighted by atomic mass is 32.2. The topological polar surface area (TPSA) is 32.3 Å². The van der Waals surface area contributed by atoms with Crippen molar-refractivity contribution in [1.82, 2.24) is 9.62 Å². The van der Waals surface area contributed by atoms with E-state index >= 15 is 0 Å². The zero-order chi connectivity index (χ0) is 20.5. The van der Waals surface area contributed by atoms with Crippen LogP contribution in [0.5, 0.6) is 0 Å². The number of halogens is 3. The van der Waals surface area contributed by atoms with Gasteiger partial charge < -0.3 is 4.90 Å². The van der Waals surface area contributed by atoms with Gasteiger partial charge in [-0.15, -0.1) is 4.72 Å². The highest BCUT2D eigenvalue weighted by Crippen LogP contribution is 2.52. The molecule has 2 fully saturated rings. The molecule has 29 heavy (non-hydrogen) atoms. The third kappa shape index (κ3) is 4.03. The Balaban J connectivity index is 1.59. The van der Waals surface area contributed by atoms with Crippen LogP contribution in [0.3, 0.4) is 0 Å². The fraction of sp³-hybridized carbons (Fsp3) is 0.409. The van der Waals surface area contributed by atoms with E-state index in [-0.39, 0.29) is 40.5 Å². The SMILES string of the molecule is C[SH+]NC1CCCN(C(=O)C2CC2c2c(F)cccc2-c2c(F)cccc2F)C1. The van der Waals surface area contributed by atoms with Gasteiger partial charge >= 0.3 is 0 Å². The molecule has 1 N–H and O–H groups in total. The summed E-state index contributed by atoms with van der Waals surface area (Å²) in [4.78, 5) is 14.9. The van der Waals surface area contributed by atoms with Crippen LogP contribution in [-0.2, 0) is 16.7 Å². The lowest BCUT2D eigenvalue weighted by atomic mass is 9.94. The molecule has 1 aliphatic carbocycles. The van der Waals surface area contributed by atoms with Crippen molar-refractivity contribution in [3.63, 3.8) is 0 Å². The molecule has 2 aromatic carbocycles. The Morgan fingerprint density at radius 2 is 1.79 bits per heavy atom. The summed E-state index contributed by atoms with van der Waals surface area (Å²) in [5.41, 5.74) is 0.210. The molecule has 3 nitrogen and oxygen atoms in total. The van der Waals surface area contributed by atoms with Crippen LogP contribution in [0, 0.1) is 23.4 Å². The summed E-state index contributed by atoms with van der Waals surface area (Å²) >= 11 is 1.08. The molecule has 0 aromatic heterocycles. The van der Waals surface area contributed by atoms with Crippen molar-refractivity contribution in [2.24, 2.45) is 5.92 Å². The average molecular weight is 422 g/mol. The normalized spacial score (nSPS) is 23.9. The Morgan fingerprint density at radius 1 is 1.10 bits per heavy atom. The minimum absolute atomic E-state index is 0.0116. The Hall–Kier alpha value is -1.99. The predicted octanol–water partition coefficient (Wildman–Crippen LogP) is 3.81. The first kappa shape index (κ1) is 20.3. The second-order valence-electron chi connectivity index (χ2n) is 7.72. The number of hydrogen-bond acceptors (Lipinski definition) is 2. The van der Waals surface area contributed by atoms with Crippen molar-refractivity contribution in [3.05, 3.63) is 59.4 Å². The molecule has 4 rings (SSSR count). The van der Waals surface area contributed by atoms with E-state index in [9.17, 15) is 18.0 Å². The number of hydrogen-bond donors (Lipinski definition) is 1. The first-order valence-electron chi connectivity index (χ1n) is 9.87. The van der Waals surface area contributed by atoms with Crippen LogP contribution >= 0.6 is 0 Å². The number of amides is 1. The van der Waals surface area contributed by atoms with Crippen LogP contribution in [0.4, 0.5) is 13.2 Å². The van der Waals surface area contributed by atoms with E-state index in [4.69, 9.17) is 0 Å². The van der Waals surface area contributed by atoms with Gasteiger partial charge in [0.2, 0.25) is 5.91 Å². The molecule has 2 aromatic rings. The first-order valence-corrected chi connectivity index (χ1v) is 11.2. The second kappa shape index (κ2) is 8.40. The lowest BCUT2D eigenvalue weighted by Crippen LogP contribution is -2.48. The summed E-state index contributed by atoms with van der Waals surface area (Å²) in [6, 6.07) is 8.15. The maximum atomic E-state index is 14.8. The average Bonchev–Trinajstić information content (AvgIpc) is 3.48. The summed E-state index contributed by atoms with van der Waals surface area (Å²) in [5.74, 6) is -2.66. The van der Waals surface area contributed by atoms with Gasteiger partial charge in [-0.3, -0.25) is 4.79 Å². The lowest BCUT2D eigenvalue weighted by molar-refractivity contribution is -0.133. The van der Waals surface area contributed by atoms with E-state index in [0.29, 0.717) is 19.5 Å². The molecule has 1 amide bonds. The van der Waals surface area contributed by atoms with E-state index in [1.54, 1.807) is 0 Å². The second-order valence-corrected chi connectivity index (χ2v) is 8.43. The third-order valence-electron chi connectivity index (χ3n) is 5.81. The number of likely N-dealkylation sites (tertiary alicyclic amines) is 1. The predicted molar refractivity (Wildman–Crippen MR) is 110 cm³/mol. The number of piperidine rings is 1. The summed E-state index contributed by atoms with van der Waals surface area (Å²) in [5, 5.41) is 0. The van der Waals surface area contributed by atoms with E-state index < -0.39 is 17.5 Å². The van der Waals surface area contributed by atoms with Crippen LogP contribution in [0.25, 0.3) is 11.1 Å². The van der Waals surface area contributed by atoms with Gasteiger partial charge in [0.15, 0.2) is 0 Å². The van der Waals surface area contributed by atoms with Crippen LogP contribution in [-0.4, -0.2) is 36.2 Å². The van der Waals surface area contributed by atoms with Crippen LogP contribution in [0.2, 0.25) is 0 Å². The van der Waals surface area contributed by atoms with Gasteiger partial charge in [0.25, 0.3) is 0 Å². The van der Waals surface area contributed by atoms with Gasteiger partial charge in [0.1, 0.15) is 23.7 Å². The molecular weight excluding hydrogens is 397 g/mol. The van der Waals surface area contributed by atoms with Gasteiger partial charge in [-0.2, -0.15) is 0 Å². The van der Waals surface area contributed by atoms with Gasteiger partial charge in [-0.1, -0.05) is 18.2 Å². The Kier molecular flexibility index (Phi) is 5.88. The zero-order valence-corrected chi connectivity index (χ0v) is 17.1. The van der Waals surface area contributed by atoms with Crippen molar-refractivity contribution in [3.8, 4) is 11.1 Å². The van der Waals surface area contributed by atoms with Crippen LogP contribution < -0.4 is 4.72 Å². The highest BCUT2D eigenvalue weighted by Gasteiger charge is 2.48. The van der Waals surface area contributed by atoms with Crippen molar-refractivity contribution in [1.29, 1.82) is 0 Å². The molecule has 1 saturated carbocycles. The molecular formula is C22H24F3N2OS+. The first-order chi connectivity index (χ1) is 14.0. The number of benzene rings is 2. The monoisotopic (exact) mass is 421 g/mol. The van der Waals surface area contributed by atoms with E-state index in [0.717, 1.165) is 36.9 Å². The van der Waals surface area contributed by atoms with E-state index in [1.807, 2.05) is 11.2 Å². The molecule has 3 atom stereocenters. The highest BCUT2D eigenvalue weighted by molar-refractivity contribution is 7.75. The number of nitrogens with one attached hydrogen (secondary N) is 1. The standard InChI is InChI=1S/C22H23F3N2OS/c1-29-26-13-5-4-10-27(12-13)22(28)16-11-15(16)20-14(6-2-7-17(20)23)21-18(24)8-3-9-19(21)25/h2-3,6-9,13,15-16,26H,4-5,10-12H2,1H3/p+1. The molecule has 0 spiro atoms. The van der Waals surface area contributed by atoms with E-state index in [1.165, 1.54) is 24.3 Å².